The molecule has 0 heterocycles. The molecule has 0 saturated heterocycles. The summed E-state index contributed by atoms with van der Waals surface area (Å²) in [4.78, 5) is 25.2. The molecule has 0 amide bonds. The largest absolute Gasteiger partial charge is 0.295 e. The predicted octanol–water partition coefficient (Wildman–Crippen LogP) is 7.19. The fourth-order valence-corrected chi connectivity index (χ4v) is 8.57. The summed E-state index contributed by atoms with van der Waals surface area (Å²) in [6.07, 6.45) is 15.2. The maximum absolute atomic E-state index is 13.2. The zero-order valence-corrected chi connectivity index (χ0v) is 20.7. The quantitative estimate of drug-likeness (QED) is 0.438. The van der Waals surface area contributed by atoms with Crippen LogP contribution in [0.3, 0.4) is 0 Å². The van der Waals surface area contributed by atoms with Gasteiger partial charge in [-0.1, -0.05) is 53.7 Å². The Hall–Kier alpha value is -1.18. The fraction of sp³-hybridized carbons (Fsp3) is 0.793. The number of carbonyl (C=O) groups is 2. The maximum atomic E-state index is 13.2. The maximum Gasteiger partial charge on any atom is 0.159 e. The highest BCUT2D eigenvalue weighted by Gasteiger charge is 2.60. The average molecular weight is 425 g/mol. The Morgan fingerprint density at radius 1 is 1.03 bits per heavy atom. The van der Waals surface area contributed by atoms with E-state index in [9.17, 15) is 9.59 Å². The minimum absolute atomic E-state index is 0.0650. The summed E-state index contributed by atoms with van der Waals surface area (Å²) in [6, 6.07) is 0. The predicted molar refractivity (Wildman–Crippen MR) is 128 cm³/mol. The molecule has 2 heteroatoms. The number of rotatable bonds is 5. The molecule has 4 unspecified atom stereocenters. The second-order valence-corrected chi connectivity index (χ2v) is 12.2. The van der Waals surface area contributed by atoms with E-state index in [0.29, 0.717) is 53.8 Å². The van der Waals surface area contributed by atoms with E-state index < -0.39 is 0 Å². The molecule has 8 atom stereocenters. The Morgan fingerprint density at radius 3 is 2.45 bits per heavy atom. The second kappa shape index (κ2) is 8.31. The van der Waals surface area contributed by atoms with Gasteiger partial charge in [-0.2, -0.15) is 0 Å². The zero-order chi connectivity index (χ0) is 22.6. The summed E-state index contributed by atoms with van der Waals surface area (Å²) in [6.45, 7) is 14.3. The topological polar surface area (TPSA) is 34.1 Å². The van der Waals surface area contributed by atoms with Gasteiger partial charge in [0.05, 0.1) is 0 Å². The van der Waals surface area contributed by atoms with Crippen LogP contribution >= 0.6 is 0 Å². The minimum Gasteiger partial charge on any atom is -0.295 e. The van der Waals surface area contributed by atoms with Crippen LogP contribution in [-0.4, -0.2) is 11.6 Å². The zero-order valence-electron chi connectivity index (χ0n) is 20.7. The molecule has 4 aliphatic rings. The number of Topliss-reactive ketones (excluding diaryl/α,β-unsaturated/α-hetero) is 1. The molecule has 0 aromatic rings. The van der Waals surface area contributed by atoms with Gasteiger partial charge in [-0.25, -0.2) is 0 Å². The summed E-state index contributed by atoms with van der Waals surface area (Å²) < 4.78 is 0. The van der Waals surface area contributed by atoms with Gasteiger partial charge < -0.3 is 0 Å². The molecular formula is C29H44O2. The van der Waals surface area contributed by atoms with Crippen molar-refractivity contribution in [2.24, 2.45) is 52.3 Å². The molecule has 0 spiro atoms. The molecule has 0 aliphatic heterocycles. The Labute approximate surface area is 190 Å². The summed E-state index contributed by atoms with van der Waals surface area (Å²) in [5.41, 5.74) is 1.16. The van der Waals surface area contributed by atoms with Gasteiger partial charge in [0.1, 0.15) is 0 Å². The number of carbonyl (C=O) groups excluding carboxylic acids is 2. The third kappa shape index (κ3) is 3.70. The van der Waals surface area contributed by atoms with E-state index in [1.807, 2.05) is 0 Å². The highest BCUT2D eigenvalue weighted by molar-refractivity contribution is 6.05. The average Bonchev–Trinajstić information content (AvgIpc) is 3.07. The van der Waals surface area contributed by atoms with Gasteiger partial charge in [0.15, 0.2) is 11.6 Å². The molecule has 3 saturated carbocycles. The lowest BCUT2D eigenvalue weighted by Crippen LogP contribution is -2.53. The SMILES string of the molecule is CC[C@H](/C=C/[C@@H](C)C1CCC2C3CC(=O)C4=CC(=O)CC[C@]4(C)C3CC[C@@]21C)C(C)C. The molecule has 0 aromatic carbocycles. The van der Waals surface area contributed by atoms with Crippen molar-refractivity contribution in [1.29, 1.82) is 0 Å². The van der Waals surface area contributed by atoms with Gasteiger partial charge in [-0.3, -0.25) is 9.59 Å². The third-order valence-corrected chi connectivity index (χ3v) is 10.5. The van der Waals surface area contributed by atoms with Crippen molar-refractivity contribution in [3.05, 3.63) is 23.8 Å². The van der Waals surface area contributed by atoms with Gasteiger partial charge in [-0.05, 0) is 96.9 Å². The van der Waals surface area contributed by atoms with E-state index in [4.69, 9.17) is 0 Å². The standard InChI is InChI=1S/C29H44O2/c1-7-20(18(2)3)9-8-19(4)23-10-11-24-22-17-27(31)26-16-21(30)12-14-29(26,6)25(22)13-15-28(23,24)5/h8-9,16,18-20,22-25H,7,10-15,17H2,1-6H3/b9-8+/t19-,20-,22?,23?,24?,25?,28-,29-/m1/s1. The smallest absolute Gasteiger partial charge is 0.159 e. The molecule has 31 heavy (non-hydrogen) atoms. The number of ketones is 2. The summed E-state index contributed by atoms with van der Waals surface area (Å²) in [7, 11) is 0. The van der Waals surface area contributed by atoms with Crippen LogP contribution in [0, 0.1) is 52.3 Å². The number of allylic oxidation sites excluding steroid dienone is 3. The third-order valence-electron chi connectivity index (χ3n) is 10.5. The molecule has 0 N–H and O–H groups in total. The highest BCUT2D eigenvalue weighted by atomic mass is 16.1. The number of hydrogen-bond acceptors (Lipinski definition) is 2. The first-order valence-corrected chi connectivity index (χ1v) is 13.1. The molecule has 0 bridgehead atoms. The molecule has 4 aliphatic carbocycles. The van der Waals surface area contributed by atoms with E-state index in [1.165, 1.54) is 32.1 Å². The first-order valence-electron chi connectivity index (χ1n) is 13.1. The van der Waals surface area contributed by atoms with Crippen molar-refractivity contribution in [3.8, 4) is 0 Å². The van der Waals surface area contributed by atoms with Crippen LogP contribution < -0.4 is 0 Å². The van der Waals surface area contributed by atoms with Crippen molar-refractivity contribution < 1.29 is 9.59 Å². The second-order valence-electron chi connectivity index (χ2n) is 12.2. The van der Waals surface area contributed by atoms with Crippen LogP contribution in [0.15, 0.2) is 23.8 Å². The van der Waals surface area contributed by atoms with Gasteiger partial charge in [0.2, 0.25) is 0 Å². The molecule has 0 aromatic heterocycles. The lowest BCUT2D eigenvalue weighted by molar-refractivity contribution is -0.131. The van der Waals surface area contributed by atoms with Crippen LogP contribution in [0.5, 0.6) is 0 Å². The molecular weight excluding hydrogens is 380 g/mol. The van der Waals surface area contributed by atoms with Gasteiger partial charge in [-0.15, -0.1) is 0 Å². The summed E-state index contributed by atoms with van der Waals surface area (Å²) >= 11 is 0. The first kappa shape index (κ1) is 23.0. The molecule has 0 radical (unpaired) electrons. The fourth-order valence-electron chi connectivity index (χ4n) is 8.57. The Balaban J connectivity index is 1.56. The van der Waals surface area contributed by atoms with Crippen LogP contribution in [-0.2, 0) is 9.59 Å². The number of fused-ring (bicyclic) bond motifs is 5. The van der Waals surface area contributed by atoms with E-state index in [2.05, 4.69) is 53.7 Å². The molecule has 4 rings (SSSR count). The Bertz CT molecular complexity index is 789. The van der Waals surface area contributed by atoms with Crippen molar-refractivity contribution in [2.75, 3.05) is 0 Å². The van der Waals surface area contributed by atoms with E-state index >= 15 is 0 Å². The minimum atomic E-state index is -0.0650. The Kier molecular flexibility index (Phi) is 6.16. The van der Waals surface area contributed by atoms with Crippen molar-refractivity contribution in [3.63, 3.8) is 0 Å². The van der Waals surface area contributed by atoms with E-state index in [0.717, 1.165) is 17.9 Å². The van der Waals surface area contributed by atoms with E-state index in [-0.39, 0.29) is 17.0 Å². The first-order chi connectivity index (χ1) is 14.6. The molecule has 3 fully saturated rings. The van der Waals surface area contributed by atoms with Crippen molar-refractivity contribution in [2.45, 2.75) is 92.9 Å². The van der Waals surface area contributed by atoms with Gasteiger partial charge in [0.25, 0.3) is 0 Å². The van der Waals surface area contributed by atoms with E-state index in [1.54, 1.807) is 6.08 Å². The van der Waals surface area contributed by atoms with Crippen molar-refractivity contribution in [1.82, 2.24) is 0 Å². The van der Waals surface area contributed by atoms with Gasteiger partial charge in [0, 0.05) is 18.4 Å². The highest BCUT2D eigenvalue weighted by Crippen LogP contribution is 2.67. The van der Waals surface area contributed by atoms with Gasteiger partial charge >= 0.3 is 0 Å². The summed E-state index contributed by atoms with van der Waals surface area (Å²) in [5.74, 6) is 4.92. The Morgan fingerprint density at radius 2 is 1.77 bits per heavy atom. The number of hydrogen-bond donors (Lipinski definition) is 0. The van der Waals surface area contributed by atoms with Crippen LogP contribution in [0.1, 0.15) is 92.9 Å². The molecule has 2 nitrogen and oxygen atoms in total. The normalized spacial score (nSPS) is 42.2. The lowest BCUT2D eigenvalue weighted by atomic mass is 9.46. The monoisotopic (exact) mass is 424 g/mol. The van der Waals surface area contributed by atoms with Crippen molar-refractivity contribution >= 4 is 11.6 Å². The van der Waals surface area contributed by atoms with Crippen LogP contribution in [0.25, 0.3) is 0 Å². The van der Waals surface area contributed by atoms with Crippen LogP contribution in [0.4, 0.5) is 0 Å². The lowest BCUT2D eigenvalue weighted by Gasteiger charge is -2.57. The summed E-state index contributed by atoms with van der Waals surface area (Å²) in [5, 5.41) is 0. The molecule has 172 valence electrons. The van der Waals surface area contributed by atoms with Crippen LogP contribution in [0.2, 0.25) is 0 Å².